The number of likely N-dealkylation sites (tertiary alicyclic amines) is 1. The average Bonchev–Trinajstić information content (AvgIpc) is 2.64. The van der Waals surface area contributed by atoms with E-state index >= 15 is 0 Å². The van der Waals surface area contributed by atoms with Gasteiger partial charge in [0.2, 0.25) is 0 Å². The van der Waals surface area contributed by atoms with Crippen LogP contribution < -0.4 is 5.32 Å². The molecule has 0 bridgehead atoms. The molecule has 118 valence electrons. The third kappa shape index (κ3) is 4.21. The molecule has 0 radical (unpaired) electrons. The van der Waals surface area contributed by atoms with Crippen molar-refractivity contribution in [2.75, 3.05) is 26.7 Å². The summed E-state index contributed by atoms with van der Waals surface area (Å²) in [5.74, 6) is 0.921. The third-order valence-corrected chi connectivity index (χ3v) is 5.75. The fourth-order valence-corrected chi connectivity index (χ4v) is 4.84. The molecule has 1 saturated heterocycles. The first-order chi connectivity index (χ1) is 9.69. The van der Waals surface area contributed by atoms with Crippen molar-refractivity contribution in [3.05, 3.63) is 0 Å². The van der Waals surface area contributed by atoms with Gasteiger partial charge in [0, 0.05) is 19.1 Å². The Hall–Kier alpha value is -0.0800. The molecule has 0 aromatic rings. The molecule has 0 aromatic heterocycles. The summed E-state index contributed by atoms with van der Waals surface area (Å²) in [5.41, 5.74) is 0.546. The van der Waals surface area contributed by atoms with Gasteiger partial charge in [0.25, 0.3) is 0 Å². The molecule has 0 aromatic carbocycles. The van der Waals surface area contributed by atoms with Crippen LogP contribution in [-0.2, 0) is 0 Å². The normalized spacial score (nSPS) is 36.8. The van der Waals surface area contributed by atoms with Crippen molar-refractivity contribution < 1.29 is 0 Å². The van der Waals surface area contributed by atoms with E-state index in [1.54, 1.807) is 0 Å². The fraction of sp³-hybridized carbons (Fsp3) is 1.00. The molecule has 1 saturated carbocycles. The second kappa shape index (κ2) is 7.79. The number of hydrogen-bond acceptors (Lipinski definition) is 2. The predicted molar refractivity (Wildman–Crippen MR) is 88.1 cm³/mol. The molecule has 3 atom stereocenters. The predicted octanol–water partition coefficient (Wildman–Crippen LogP) is 4.06. The highest BCUT2D eigenvalue weighted by molar-refractivity contribution is 4.91. The first-order valence-electron chi connectivity index (χ1n) is 9.08. The third-order valence-electron chi connectivity index (χ3n) is 5.75. The van der Waals surface area contributed by atoms with Gasteiger partial charge in [-0.3, -0.25) is 4.90 Å². The Morgan fingerprint density at radius 3 is 2.70 bits per heavy atom. The van der Waals surface area contributed by atoms with Gasteiger partial charge in [-0.25, -0.2) is 0 Å². The van der Waals surface area contributed by atoms with Gasteiger partial charge in [0.15, 0.2) is 0 Å². The zero-order chi connectivity index (χ0) is 14.4. The molecule has 2 fully saturated rings. The largest absolute Gasteiger partial charge is 0.319 e. The monoisotopic (exact) mass is 280 g/mol. The summed E-state index contributed by atoms with van der Waals surface area (Å²) in [7, 11) is 2.14. The van der Waals surface area contributed by atoms with E-state index in [2.05, 4.69) is 31.1 Å². The molecule has 1 aliphatic heterocycles. The number of nitrogens with zero attached hydrogens (tertiary/aromatic N) is 1. The standard InChI is InChI=1S/C18H36N2/c1-4-17-10-6-5-7-12-20(17)15-18(14-19-3)11-8-9-16(2)13-18/h16-17,19H,4-15H2,1-3H3. The van der Waals surface area contributed by atoms with E-state index < -0.39 is 0 Å². The van der Waals surface area contributed by atoms with Crippen LogP contribution in [0.3, 0.4) is 0 Å². The van der Waals surface area contributed by atoms with Gasteiger partial charge >= 0.3 is 0 Å². The average molecular weight is 280 g/mol. The first-order valence-corrected chi connectivity index (χ1v) is 9.08. The maximum absolute atomic E-state index is 3.51. The molecule has 2 heteroatoms. The molecular formula is C18H36N2. The van der Waals surface area contributed by atoms with Crippen LogP contribution in [0.4, 0.5) is 0 Å². The molecule has 1 heterocycles. The molecule has 0 spiro atoms. The van der Waals surface area contributed by atoms with E-state index in [1.165, 1.54) is 77.4 Å². The van der Waals surface area contributed by atoms with Crippen LogP contribution in [-0.4, -0.2) is 37.6 Å². The van der Waals surface area contributed by atoms with Crippen LogP contribution in [0.5, 0.6) is 0 Å². The quantitative estimate of drug-likeness (QED) is 0.817. The summed E-state index contributed by atoms with van der Waals surface area (Å²) < 4.78 is 0. The minimum absolute atomic E-state index is 0.546. The van der Waals surface area contributed by atoms with Crippen molar-refractivity contribution in [1.29, 1.82) is 0 Å². The number of hydrogen-bond donors (Lipinski definition) is 1. The van der Waals surface area contributed by atoms with Crippen LogP contribution >= 0.6 is 0 Å². The highest BCUT2D eigenvalue weighted by atomic mass is 15.2. The van der Waals surface area contributed by atoms with Gasteiger partial charge in [-0.15, -0.1) is 0 Å². The number of nitrogens with one attached hydrogen (secondary N) is 1. The zero-order valence-corrected chi connectivity index (χ0v) is 14.1. The molecule has 2 rings (SSSR count). The van der Waals surface area contributed by atoms with Gasteiger partial charge in [-0.2, -0.15) is 0 Å². The highest BCUT2D eigenvalue weighted by Crippen LogP contribution is 2.40. The molecule has 1 aliphatic carbocycles. The van der Waals surface area contributed by atoms with Crippen LogP contribution in [0.15, 0.2) is 0 Å². The smallest absolute Gasteiger partial charge is 0.00928 e. The van der Waals surface area contributed by atoms with E-state index in [1.807, 2.05) is 0 Å². The SMILES string of the molecule is CCC1CCCCCN1CC1(CNC)CCCC(C)C1. The van der Waals surface area contributed by atoms with Crippen molar-refractivity contribution in [3.63, 3.8) is 0 Å². The molecule has 0 amide bonds. The molecule has 3 unspecified atom stereocenters. The van der Waals surface area contributed by atoms with Crippen molar-refractivity contribution in [1.82, 2.24) is 10.2 Å². The molecule has 20 heavy (non-hydrogen) atoms. The van der Waals surface area contributed by atoms with Crippen molar-refractivity contribution in [2.24, 2.45) is 11.3 Å². The minimum Gasteiger partial charge on any atom is -0.319 e. The Morgan fingerprint density at radius 2 is 2.00 bits per heavy atom. The topological polar surface area (TPSA) is 15.3 Å². The lowest BCUT2D eigenvalue weighted by Gasteiger charge is -2.45. The van der Waals surface area contributed by atoms with E-state index in [9.17, 15) is 0 Å². The molecule has 2 nitrogen and oxygen atoms in total. The Balaban J connectivity index is 2.05. The fourth-order valence-electron chi connectivity index (χ4n) is 4.84. The Morgan fingerprint density at radius 1 is 1.15 bits per heavy atom. The van der Waals surface area contributed by atoms with Crippen LogP contribution in [0.1, 0.15) is 71.6 Å². The lowest BCUT2D eigenvalue weighted by atomic mass is 9.69. The molecular weight excluding hydrogens is 244 g/mol. The summed E-state index contributed by atoms with van der Waals surface area (Å²) in [6, 6.07) is 0.850. The van der Waals surface area contributed by atoms with Gasteiger partial charge in [0.05, 0.1) is 0 Å². The lowest BCUT2D eigenvalue weighted by Crippen LogP contribution is -2.49. The zero-order valence-electron chi connectivity index (χ0n) is 14.1. The van der Waals surface area contributed by atoms with Crippen molar-refractivity contribution in [3.8, 4) is 0 Å². The van der Waals surface area contributed by atoms with E-state index in [0.717, 1.165) is 12.0 Å². The Labute approximate surface area is 126 Å². The lowest BCUT2D eigenvalue weighted by molar-refractivity contribution is 0.0589. The second-order valence-corrected chi connectivity index (χ2v) is 7.61. The second-order valence-electron chi connectivity index (χ2n) is 7.61. The summed E-state index contributed by atoms with van der Waals surface area (Å²) in [4.78, 5) is 2.86. The van der Waals surface area contributed by atoms with Gasteiger partial charge in [0.1, 0.15) is 0 Å². The van der Waals surface area contributed by atoms with Gasteiger partial charge < -0.3 is 5.32 Å². The number of rotatable bonds is 5. The molecule has 2 aliphatic rings. The maximum Gasteiger partial charge on any atom is 0.00928 e. The van der Waals surface area contributed by atoms with Crippen molar-refractivity contribution >= 4 is 0 Å². The molecule has 1 N–H and O–H groups in total. The summed E-state index contributed by atoms with van der Waals surface area (Å²) >= 11 is 0. The first kappa shape index (κ1) is 16.3. The summed E-state index contributed by atoms with van der Waals surface area (Å²) in [6.45, 7) is 8.75. The van der Waals surface area contributed by atoms with Crippen LogP contribution in [0, 0.1) is 11.3 Å². The van der Waals surface area contributed by atoms with E-state index in [0.29, 0.717) is 5.41 Å². The van der Waals surface area contributed by atoms with Gasteiger partial charge in [-0.05, 0) is 57.0 Å². The highest BCUT2D eigenvalue weighted by Gasteiger charge is 2.37. The van der Waals surface area contributed by atoms with Crippen LogP contribution in [0.25, 0.3) is 0 Å². The maximum atomic E-state index is 3.51. The minimum atomic E-state index is 0.546. The van der Waals surface area contributed by atoms with Crippen molar-refractivity contribution in [2.45, 2.75) is 77.7 Å². The van der Waals surface area contributed by atoms with Gasteiger partial charge in [-0.1, -0.05) is 39.5 Å². The Bertz CT molecular complexity index is 275. The van der Waals surface area contributed by atoms with E-state index in [-0.39, 0.29) is 0 Å². The Kier molecular flexibility index (Phi) is 6.35. The summed E-state index contributed by atoms with van der Waals surface area (Å²) in [6.07, 6.45) is 12.8. The summed E-state index contributed by atoms with van der Waals surface area (Å²) in [5, 5.41) is 3.51. The van der Waals surface area contributed by atoms with Crippen LogP contribution in [0.2, 0.25) is 0 Å². The van der Waals surface area contributed by atoms with E-state index in [4.69, 9.17) is 0 Å².